The van der Waals surface area contributed by atoms with Crippen molar-refractivity contribution in [2.45, 2.75) is 45.2 Å². The minimum absolute atomic E-state index is 0.246. The van der Waals surface area contributed by atoms with Gasteiger partial charge in [0.2, 0.25) is 0 Å². The number of rotatable bonds is 3. The Morgan fingerprint density at radius 2 is 1.93 bits per heavy atom. The summed E-state index contributed by atoms with van der Waals surface area (Å²) in [5.41, 5.74) is -0.475. The number of carbonyl (C=O) groups excluding carboxylic acids is 1. The third kappa shape index (κ3) is 3.77. The number of carboxylic acids is 1. The molecule has 15 heavy (non-hydrogen) atoms. The molecule has 1 aliphatic carbocycles. The Labute approximate surface area is 89.4 Å². The van der Waals surface area contributed by atoms with Gasteiger partial charge in [-0.15, -0.1) is 0 Å². The van der Waals surface area contributed by atoms with Crippen LogP contribution in [0, 0.1) is 0 Å². The molecule has 2 N–H and O–H groups in total. The Morgan fingerprint density at radius 3 is 2.27 bits per heavy atom. The summed E-state index contributed by atoms with van der Waals surface area (Å²) in [4.78, 5) is 23.7. The van der Waals surface area contributed by atoms with E-state index in [1.54, 1.807) is 0 Å². The predicted octanol–water partition coefficient (Wildman–Crippen LogP) is 1.04. The molecule has 1 fully saturated rings. The molecule has 2 amide bonds. The van der Waals surface area contributed by atoms with Gasteiger partial charge in [0.15, 0.2) is 0 Å². The van der Waals surface area contributed by atoms with Crippen LogP contribution < -0.4 is 5.32 Å². The van der Waals surface area contributed by atoms with Crippen LogP contribution in [0.2, 0.25) is 0 Å². The average molecular weight is 214 g/mol. The van der Waals surface area contributed by atoms with Gasteiger partial charge in [0.05, 0.1) is 0 Å². The molecule has 86 valence electrons. The molecular weight excluding hydrogens is 196 g/mol. The lowest BCUT2D eigenvalue weighted by Gasteiger charge is -2.34. The van der Waals surface area contributed by atoms with E-state index in [0.29, 0.717) is 0 Å². The number of hydrogen-bond acceptors (Lipinski definition) is 2. The van der Waals surface area contributed by atoms with Crippen molar-refractivity contribution in [1.29, 1.82) is 0 Å². The first-order valence-electron chi connectivity index (χ1n) is 5.10. The van der Waals surface area contributed by atoms with Crippen molar-refractivity contribution >= 4 is 12.0 Å². The molecule has 0 atom stereocenters. The second kappa shape index (κ2) is 4.08. The van der Waals surface area contributed by atoms with Gasteiger partial charge in [0.1, 0.15) is 6.54 Å². The van der Waals surface area contributed by atoms with Crippen LogP contribution in [-0.2, 0) is 4.79 Å². The van der Waals surface area contributed by atoms with Crippen molar-refractivity contribution in [2.24, 2.45) is 0 Å². The molecule has 1 rings (SSSR count). The van der Waals surface area contributed by atoms with Crippen LogP contribution in [-0.4, -0.2) is 40.1 Å². The van der Waals surface area contributed by atoms with Crippen LogP contribution in [0.3, 0.4) is 0 Å². The van der Waals surface area contributed by atoms with Crippen molar-refractivity contribution in [1.82, 2.24) is 10.2 Å². The summed E-state index contributed by atoms with van der Waals surface area (Å²) < 4.78 is 0. The predicted molar refractivity (Wildman–Crippen MR) is 55.6 cm³/mol. The Bertz CT molecular complexity index is 266. The third-order valence-corrected chi connectivity index (χ3v) is 2.25. The Kier molecular flexibility index (Phi) is 3.21. The fraction of sp³-hybridized carbons (Fsp3) is 0.800. The molecule has 0 aromatic rings. The zero-order valence-corrected chi connectivity index (χ0v) is 9.41. The van der Waals surface area contributed by atoms with E-state index < -0.39 is 11.5 Å². The molecule has 5 nitrogen and oxygen atoms in total. The normalized spacial score (nSPS) is 15.9. The highest BCUT2D eigenvalue weighted by molar-refractivity contribution is 5.81. The number of aliphatic carboxylic acids is 1. The van der Waals surface area contributed by atoms with Gasteiger partial charge in [0, 0.05) is 11.6 Å². The largest absolute Gasteiger partial charge is 0.480 e. The Hall–Kier alpha value is -1.26. The standard InChI is InChI=1S/C10H18N2O3/c1-10(2,3)12(6-8(13)14)9(15)11-7-4-5-7/h7H,4-6H2,1-3H3,(H,11,15)(H,13,14). The van der Waals surface area contributed by atoms with Gasteiger partial charge in [0.25, 0.3) is 0 Å². The monoisotopic (exact) mass is 214 g/mol. The fourth-order valence-corrected chi connectivity index (χ4v) is 1.23. The molecule has 0 unspecified atom stereocenters. The maximum Gasteiger partial charge on any atom is 0.323 e. The number of nitrogens with one attached hydrogen (secondary N) is 1. The molecule has 0 heterocycles. The third-order valence-electron chi connectivity index (χ3n) is 2.25. The Balaban J connectivity index is 2.61. The molecule has 5 heteroatoms. The van der Waals surface area contributed by atoms with Gasteiger partial charge >= 0.3 is 12.0 Å². The highest BCUT2D eigenvalue weighted by atomic mass is 16.4. The topological polar surface area (TPSA) is 69.6 Å². The first-order chi connectivity index (χ1) is 6.80. The summed E-state index contributed by atoms with van der Waals surface area (Å²) >= 11 is 0. The van der Waals surface area contributed by atoms with Crippen molar-refractivity contribution in [3.8, 4) is 0 Å². The Morgan fingerprint density at radius 1 is 1.40 bits per heavy atom. The lowest BCUT2D eigenvalue weighted by atomic mass is 10.1. The molecule has 0 saturated heterocycles. The van der Waals surface area contributed by atoms with E-state index in [1.165, 1.54) is 4.90 Å². The number of carbonyl (C=O) groups is 2. The summed E-state index contributed by atoms with van der Waals surface area (Å²) in [5.74, 6) is -0.990. The quantitative estimate of drug-likeness (QED) is 0.737. The second-order valence-corrected chi connectivity index (χ2v) is 4.87. The summed E-state index contributed by atoms with van der Waals surface area (Å²) in [5, 5.41) is 11.5. The van der Waals surface area contributed by atoms with Gasteiger partial charge in [-0.25, -0.2) is 4.79 Å². The number of hydrogen-bond donors (Lipinski definition) is 2. The number of nitrogens with zero attached hydrogens (tertiary/aromatic N) is 1. The first kappa shape index (κ1) is 11.8. The molecule has 1 saturated carbocycles. The van der Waals surface area contributed by atoms with Crippen LogP contribution in [0.1, 0.15) is 33.6 Å². The molecule has 0 spiro atoms. The highest BCUT2D eigenvalue weighted by Crippen LogP contribution is 2.20. The second-order valence-electron chi connectivity index (χ2n) is 4.87. The summed E-state index contributed by atoms with van der Waals surface area (Å²) in [7, 11) is 0. The summed E-state index contributed by atoms with van der Waals surface area (Å²) in [6.45, 7) is 5.20. The van der Waals surface area contributed by atoms with E-state index in [1.807, 2.05) is 20.8 Å². The minimum Gasteiger partial charge on any atom is -0.480 e. The first-order valence-corrected chi connectivity index (χ1v) is 5.10. The number of amides is 2. The lowest BCUT2D eigenvalue weighted by Crippen LogP contribution is -2.52. The average Bonchev–Trinajstić information content (AvgIpc) is 2.81. The molecule has 1 aliphatic rings. The summed E-state index contributed by atoms with van der Waals surface area (Å²) in [6.07, 6.45) is 1.99. The van der Waals surface area contributed by atoms with Gasteiger partial charge in [-0.05, 0) is 33.6 Å². The molecule has 0 aliphatic heterocycles. The van der Waals surface area contributed by atoms with Crippen molar-refractivity contribution in [3.05, 3.63) is 0 Å². The number of urea groups is 1. The van der Waals surface area contributed by atoms with E-state index in [9.17, 15) is 9.59 Å². The van der Waals surface area contributed by atoms with Crippen molar-refractivity contribution in [3.63, 3.8) is 0 Å². The van der Waals surface area contributed by atoms with E-state index in [-0.39, 0.29) is 18.6 Å². The van der Waals surface area contributed by atoms with Gasteiger partial charge in [-0.1, -0.05) is 0 Å². The van der Waals surface area contributed by atoms with Crippen LogP contribution in [0.25, 0.3) is 0 Å². The van der Waals surface area contributed by atoms with Crippen molar-refractivity contribution < 1.29 is 14.7 Å². The van der Waals surface area contributed by atoms with E-state index in [2.05, 4.69) is 5.32 Å². The highest BCUT2D eigenvalue weighted by Gasteiger charge is 2.32. The van der Waals surface area contributed by atoms with E-state index in [4.69, 9.17) is 5.11 Å². The van der Waals surface area contributed by atoms with Crippen LogP contribution in [0.4, 0.5) is 4.79 Å². The van der Waals surface area contributed by atoms with E-state index in [0.717, 1.165) is 12.8 Å². The van der Waals surface area contributed by atoms with Crippen LogP contribution >= 0.6 is 0 Å². The van der Waals surface area contributed by atoms with E-state index >= 15 is 0 Å². The summed E-state index contributed by atoms with van der Waals surface area (Å²) in [6, 6.07) is -0.0384. The molecule has 0 aromatic heterocycles. The minimum atomic E-state index is -0.990. The SMILES string of the molecule is CC(C)(C)N(CC(=O)O)C(=O)NC1CC1. The van der Waals surface area contributed by atoms with Crippen LogP contribution in [0.15, 0.2) is 0 Å². The van der Waals surface area contributed by atoms with Crippen molar-refractivity contribution in [2.75, 3.05) is 6.54 Å². The molecule has 0 aromatic carbocycles. The maximum absolute atomic E-state index is 11.7. The number of carboxylic acid groups (broad SMARTS) is 1. The molecular formula is C10H18N2O3. The maximum atomic E-state index is 11.7. The smallest absolute Gasteiger partial charge is 0.323 e. The molecule has 0 bridgehead atoms. The van der Waals surface area contributed by atoms with Crippen LogP contribution in [0.5, 0.6) is 0 Å². The fourth-order valence-electron chi connectivity index (χ4n) is 1.23. The zero-order valence-electron chi connectivity index (χ0n) is 9.41. The van der Waals surface area contributed by atoms with Gasteiger partial charge < -0.3 is 15.3 Å². The molecule has 0 radical (unpaired) electrons. The van der Waals surface area contributed by atoms with Gasteiger partial charge in [-0.3, -0.25) is 4.79 Å². The zero-order chi connectivity index (χ0) is 11.6. The van der Waals surface area contributed by atoms with Gasteiger partial charge in [-0.2, -0.15) is 0 Å². The lowest BCUT2D eigenvalue weighted by molar-refractivity contribution is -0.138.